The molecular weight excluding hydrogens is 298 g/mol. The largest absolute Gasteiger partial charge is 0.493 e. The minimum Gasteiger partial charge on any atom is -0.493 e. The van der Waals surface area contributed by atoms with Crippen molar-refractivity contribution >= 4 is 21.8 Å². The van der Waals surface area contributed by atoms with E-state index in [1.807, 2.05) is 6.92 Å². The van der Waals surface area contributed by atoms with Gasteiger partial charge in [-0.2, -0.15) is 0 Å². The van der Waals surface area contributed by atoms with E-state index in [2.05, 4.69) is 21.2 Å². The zero-order valence-electron chi connectivity index (χ0n) is 10.8. The standard InChI is InChI=1S/C13H18BrNO3/c1-4-9(8-14)15-13(16)10-6-5-7-11(17-2)12(10)18-3/h5-7,9H,4,8H2,1-3H3,(H,15,16). The van der Waals surface area contributed by atoms with Crippen LogP contribution in [0.2, 0.25) is 0 Å². The Morgan fingerprint density at radius 3 is 2.61 bits per heavy atom. The van der Waals surface area contributed by atoms with Gasteiger partial charge in [0.1, 0.15) is 0 Å². The number of rotatable bonds is 6. The van der Waals surface area contributed by atoms with Crippen molar-refractivity contribution in [1.82, 2.24) is 5.32 Å². The SMILES string of the molecule is CCC(CBr)NC(=O)c1cccc(OC)c1OC. The Morgan fingerprint density at radius 1 is 1.39 bits per heavy atom. The average molecular weight is 316 g/mol. The Kier molecular flexibility index (Phi) is 5.98. The van der Waals surface area contributed by atoms with Crippen molar-refractivity contribution in [3.8, 4) is 11.5 Å². The van der Waals surface area contributed by atoms with Crippen molar-refractivity contribution in [2.45, 2.75) is 19.4 Å². The van der Waals surface area contributed by atoms with E-state index in [9.17, 15) is 4.79 Å². The molecule has 0 bridgehead atoms. The molecule has 1 amide bonds. The zero-order valence-corrected chi connectivity index (χ0v) is 12.4. The molecule has 0 aliphatic heterocycles. The van der Waals surface area contributed by atoms with Crippen LogP contribution in [0.4, 0.5) is 0 Å². The molecule has 1 aromatic carbocycles. The van der Waals surface area contributed by atoms with E-state index in [4.69, 9.17) is 9.47 Å². The Bertz CT molecular complexity index is 405. The van der Waals surface area contributed by atoms with Crippen LogP contribution in [0.1, 0.15) is 23.7 Å². The van der Waals surface area contributed by atoms with E-state index < -0.39 is 0 Å². The molecule has 0 fully saturated rings. The van der Waals surface area contributed by atoms with Crippen LogP contribution in [-0.4, -0.2) is 31.5 Å². The number of para-hydroxylation sites is 1. The number of hydrogen-bond donors (Lipinski definition) is 1. The van der Waals surface area contributed by atoms with E-state index in [0.717, 1.165) is 11.8 Å². The summed E-state index contributed by atoms with van der Waals surface area (Å²) in [6.45, 7) is 2.02. The second-order valence-corrected chi connectivity index (χ2v) is 4.42. The van der Waals surface area contributed by atoms with Gasteiger partial charge in [-0.25, -0.2) is 0 Å². The van der Waals surface area contributed by atoms with Gasteiger partial charge < -0.3 is 14.8 Å². The van der Waals surface area contributed by atoms with Crippen LogP contribution in [0.25, 0.3) is 0 Å². The summed E-state index contributed by atoms with van der Waals surface area (Å²) in [5, 5.41) is 3.66. The van der Waals surface area contributed by atoms with Crippen molar-refractivity contribution < 1.29 is 14.3 Å². The van der Waals surface area contributed by atoms with Gasteiger partial charge in [-0.1, -0.05) is 28.9 Å². The minimum atomic E-state index is -0.156. The fraction of sp³-hybridized carbons (Fsp3) is 0.462. The summed E-state index contributed by atoms with van der Waals surface area (Å²) < 4.78 is 10.4. The Morgan fingerprint density at radius 2 is 2.11 bits per heavy atom. The molecule has 0 aliphatic carbocycles. The minimum absolute atomic E-state index is 0.105. The second kappa shape index (κ2) is 7.26. The molecule has 100 valence electrons. The van der Waals surface area contributed by atoms with Crippen molar-refractivity contribution in [2.24, 2.45) is 0 Å². The number of nitrogens with one attached hydrogen (secondary N) is 1. The predicted molar refractivity (Wildman–Crippen MR) is 74.9 cm³/mol. The van der Waals surface area contributed by atoms with Crippen molar-refractivity contribution in [2.75, 3.05) is 19.5 Å². The normalized spacial score (nSPS) is 11.8. The maximum atomic E-state index is 12.2. The highest BCUT2D eigenvalue weighted by Gasteiger charge is 2.18. The van der Waals surface area contributed by atoms with Gasteiger partial charge in [0, 0.05) is 11.4 Å². The molecule has 1 N–H and O–H groups in total. The van der Waals surface area contributed by atoms with Crippen LogP contribution < -0.4 is 14.8 Å². The summed E-state index contributed by atoms with van der Waals surface area (Å²) in [7, 11) is 3.07. The highest BCUT2D eigenvalue weighted by molar-refractivity contribution is 9.09. The van der Waals surface area contributed by atoms with Gasteiger partial charge in [0.15, 0.2) is 11.5 Å². The number of methoxy groups -OCH3 is 2. The summed E-state index contributed by atoms with van der Waals surface area (Å²) >= 11 is 3.37. The number of amides is 1. The van der Waals surface area contributed by atoms with E-state index in [0.29, 0.717) is 17.1 Å². The lowest BCUT2D eigenvalue weighted by molar-refractivity contribution is 0.0936. The van der Waals surface area contributed by atoms with Crippen molar-refractivity contribution in [3.05, 3.63) is 23.8 Å². The number of hydrogen-bond acceptors (Lipinski definition) is 3. The number of carbonyl (C=O) groups excluding carboxylic acids is 1. The van der Waals surface area contributed by atoms with Crippen LogP contribution in [0.15, 0.2) is 18.2 Å². The predicted octanol–water partition coefficient (Wildman–Crippen LogP) is 2.61. The van der Waals surface area contributed by atoms with E-state index in [1.165, 1.54) is 7.11 Å². The summed E-state index contributed by atoms with van der Waals surface area (Å²) in [5.41, 5.74) is 0.483. The molecule has 18 heavy (non-hydrogen) atoms. The summed E-state index contributed by atoms with van der Waals surface area (Å²) in [6.07, 6.45) is 0.864. The molecule has 0 radical (unpaired) electrons. The lowest BCUT2D eigenvalue weighted by Gasteiger charge is -2.16. The lowest BCUT2D eigenvalue weighted by Crippen LogP contribution is -2.35. The molecule has 0 aliphatic rings. The number of ether oxygens (including phenoxy) is 2. The molecule has 4 nitrogen and oxygen atoms in total. The maximum absolute atomic E-state index is 12.2. The first-order chi connectivity index (χ1) is 8.67. The molecule has 0 spiro atoms. The Hall–Kier alpha value is -1.23. The van der Waals surface area contributed by atoms with E-state index in [-0.39, 0.29) is 11.9 Å². The molecule has 0 heterocycles. The van der Waals surface area contributed by atoms with E-state index >= 15 is 0 Å². The van der Waals surface area contributed by atoms with Crippen LogP contribution >= 0.6 is 15.9 Å². The van der Waals surface area contributed by atoms with Crippen LogP contribution in [0.3, 0.4) is 0 Å². The molecule has 5 heteroatoms. The van der Waals surface area contributed by atoms with Gasteiger partial charge in [0.05, 0.1) is 19.8 Å². The topological polar surface area (TPSA) is 47.6 Å². The molecule has 1 aromatic rings. The van der Waals surface area contributed by atoms with Gasteiger partial charge in [-0.3, -0.25) is 4.79 Å². The fourth-order valence-corrected chi connectivity index (χ4v) is 2.20. The molecule has 0 aromatic heterocycles. The third-order valence-corrected chi connectivity index (χ3v) is 3.44. The van der Waals surface area contributed by atoms with Crippen LogP contribution in [-0.2, 0) is 0 Å². The quantitative estimate of drug-likeness (QED) is 0.821. The Labute approximate surface area is 116 Å². The molecule has 1 rings (SSSR count). The first kappa shape index (κ1) is 14.8. The van der Waals surface area contributed by atoms with Crippen LogP contribution in [0.5, 0.6) is 11.5 Å². The van der Waals surface area contributed by atoms with Crippen molar-refractivity contribution in [1.29, 1.82) is 0 Å². The molecule has 1 unspecified atom stereocenters. The van der Waals surface area contributed by atoms with Crippen LogP contribution in [0, 0.1) is 0 Å². The number of carbonyl (C=O) groups is 1. The molecular formula is C13H18BrNO3. The second-order valence-electron chi connectivity index (χ2n) is 3.77. The van der Waals surface area contributed by atoms with E-state index in [1.54, 1.807) is 25.3 Å². The lowest BCUT2D eigenvalue weighted by atomic mass is 10.1. The Balaban J connectivity index is 2.98. The summed E-state index contributed by atoms with van der Waals surface area (Å²) in [6, 6.07) is 5.36. The first-order valence-electron chi connectivity index (χ1n) is 5.75. The van der Waals surface area contributed by atoms with Crippen molar-refractivity contribution in [3.63, 3.8) is 0 Å². The zero-order chi connectivity index (χ0) is 13.5. The monoisotopic (exact) mass is 315 g/mol. The fourth-order valence-electron chi connectivity index (χ4n) is 1.58. The average Bonchev–Trinajstić information content (AvgIpc) is 2.43. The van der Waals surface area contributed by atoms with Gasteiger partial charge in [-0.15, -0.1) is 0 Å². The van der Waals surface area contributed by atoms with Gasteiger partial charge in [-0.05, 0) is 18.6 Å². The van der Waals surface area contributed by atoms with Gasteiger partial charge in [0.25, 0.3) is 5.91 Å². The number of halogens is 1. The number of benzene rings is 1. The summed E-state index contributed by atoms with van der Waals surface area (Å²) in [5.74, 6) is 0.857. The van der Waals surface area contributed by atoms with Gasteiger partial charge >= 0.3 is 0 Å². The molecule has 1 atom stereocenters. The molecule has 0 saturated heterocycles. The smallest absolute Gasteiger partial charge is 0.255 e. The maximum Gasteiger partial charge on any atom is 0.255 e. The molecule has 0 saturated carbocycles. The van der Waals surface area contributed by atoms with Gasteiger partial charge in [0.2, 0.25) is 0 Å². The highest BCUT2D eigenvalue weighted by atomic mass is 79.9. The highest BCUT2D eigenvalue weighted by Crippen LogP contribution is 2.30. The summed E-state index contributed by atoms with van der Waals surface area (Å²) in [4.78, 5) is 12.2. The number of alkyl halides is 1. The third-order valence-electron chi connectivity index (χ3n) is 2.66. The first-order valence-corrected chi connectivity index (χ1v) is 6.87. The third kappa shape index (κ3) is 3.38.